The van der Waals surface area contributed by atoms with E-state index in [2.05, 4.69) is 22.4 Å². The van der Waals surface area contributed by atoms with Crippen molar-refractivity contribution in [3.63, 3.8) is 0 Å². The SMILES string of the molecule is CC(C)(C)C(=O)N1CCN(Cc2csc(-c3ccccc3)n2)CC1. The summed E-state index contributed by atoms with van der Waals surface area (Å²) >= 11 is 1.70. The van der Waals surface area contributed by atoms with Gasteiger partial charge in [0.15, 0.2) is 0 Å². The molecular formula is C19H25N3OS. The number of hydrogen-bond donors (Lipinski definition) is 0. The molecule has 1 aliphatic heterocycles. The van der Waals surface area contributed by atoms with Gasteiger partial charge in [-0.2, -0.15) is 0 Å². The molecule has 0 bridgehead atoms. The molecule has 24 heavy (non-hydrogen) atoms. The molecule has 128 valence electrons. The number of carbonyl (C=O) groups excluding carboxylic acids is 1. The Morgan fingerprint density at radius 1 is 1.12 bits per heavy atom. The number of benzene rings is 1. The Morgan fingerprint density at radius 2 is 1.79 bits per heavy atom. The number of piperazine rings is 1. The zero-order chi connectivity index (χ0) is 17.2. The maximum atomic E-state index is 12.3. The van der Waals surface area contributed by atoms with Gasteiger partial charge in [0.2, 0.25) is 5.91 Å². The molecule has 2 heterocycles. The molecule has 1 fully saturated rings. The Kier molecular flexibility index (Phi) is 5.01. The normalized spacial score (nSPS) is 16.4. The first kappa shape index (κ1) is 17.1. The van der Waals surface area contributed by atoms with Gasteiger partial charge in [-0.15, -0.1) is 11.3 Å². The third-order valence-corrected chi connectivity index (χ3v) is 5.20. The first-order valence-corrected chi connectivity index (χ1v) is 9.33. The highest BCUT2D eigenvalue weighted by molar-refractivity contribution is 7.13. The highest BCUT2D eigenvalue weighted by atomic mass is 32.1. The molecule has 0 unspecified atom stereocenters. The van der Waals surface area contributed by atoms with E-state index in [0.29, 0.717) is 0 Å². The number of thiazole rings is 1. The lowest BCUT2D eigenvalue weighted by Gasteiger charge is -2.37. The van der Waals surface area contributed by atoms with Crippen molar-refractivity contribution in [1.82, 2.24) is 14.8 Å². The number of amides is 1. The lowest BCUT2D eigenvalue weighted by Crippen LogP contribution is -2.51. The topological polar surface area (TPSA) is 36.4 Å². The minimum absolute atomic E-state index is 0.252. The predicted octanol–water partition coefficient (Wildman–Crippen LogP) is 3.50. The van der Waals surface area contributed by atoms with Crippen LogP contribution in [0.1, 0.15) is 26.5 Å². The van der Waals surface area contributed by atoms with Gasteiger partial charge in [0, 0.05) is 49.1 Å². The summed E-state index contributed by atoms with van der Waals surface area (Å²) in [5, 5.41) is 3.22. The average molecular weight is 343 g/mol. The number of aromatic nitrogens is 1. The van der Waals surface area contributed by atoms with Crippen molar-refractivity contribution < 1.29 is 4.79 Å². The summed E-state index contributed by atoms with van der Waals surface area (Å²) in [7, 11) is 0. The number of nitrogens with zero attached hydrogens (tertiary/aromatic N) is 3. The van der Waals surface area contributed by atoms with E-state index < -0.39 is 0 Å². The largest absolute Gasteiger partial charge is 0.340 e. The zero-order valence-electron chi connectivity index (χ0n) is 14.7. The van der Waals surface area contributed by atoms with Crippen molar-refractivity contribution in [1.29, 1.82) is 0 Å². The molecule has 1 aromatic carbocycles. The molecule has 0 radical (unpaired) electrons. The number of rotatable bonds is 3. The van der Waals surface area contributed by atoms with E-state index in [1.165, 1.54) is 5.56 Å². The highest BCUT2D eigenvalue weighted by Crippen LogP contribution is 2.24. The van der Waals surface area contributed by atoms with E-state index in [4.69, 9.17) is 4.98 Å². The van der Waals surface area contributed by atoms with Gasteiger partial charge in [-0.3, -0.25) is 9.69 Å². The van der Waals surface area contributed by atoms with Crippen LogP contribution in [0.2, 0.25) is 0 Å². The standard InChI is InChI=1S/C19H25N3OS/c1-19(2,3)18(23)22-11-9-21(10-12-22)13-16-14-24-17(20-16)15-7-5-4-6-8-15/h4-8,14H,9-13H2,1-3H3. The van der Waals surface area contributed by atoms with Crippen LogP contribution in [0, 0.1) is 5.41 Å². The second-order valence-corrected chi connectivity index (χ2v) is 8.19. The van der Waals surface area contributed by atoms with Crippen LogP contribution < -0.4 is 0 Å². The molecule has 3 rings (SSSR count). The van der Waals surface area contributed by atoms with Crippen LogP contribution >= 0.6 is 11.3 Å². The van der Waals surface area contributed by atoms with Gasteiger partial charge in [-0.05, 0) is 0 Å². The molecule has 1 amide bonds. The Hall–Kier alpha value is -1.72. The van der Waals surface area contributed by atoms with Crippen LogP contribution in [0.25, 0.3) is 10.6 Å². The van der Waals surface area contributed by atoms with Crippen molar-refractivity contribution in [3.8, 4) is 10.6 Å². The van der Waals surface area contributed by atoms with Gasteiger partial charge in [0.1, 0.15) is 5.01 Å². The van der Waals surface area contributed by atoms with Crippen LogP contribution in [0.4, 0.5) is 0 Å². The lowest BCUT2D eigenvalue weighted by molar-refractivity contribution is -0.141. The molecule has 0 atom stereocenters. The van der Waals surface area contributed by atoms with Gasteiger partial charge in [-0.1, -0.05) is 51.1 Å². The van der Waals surface area contributed by atoms with Gasteiger partial charge in [0.05, 0.1) is 5.69 Å². The molecule has 0 saturated carbocycles. The van der Waals surface area contributed by atoms with Crippen LogP contribution in [0.3, 0.4) is 0 Å². The summed E-state index contributed by atoms with van der Waals surface area (Å²) in [5.41, 5.74) is 2.01. The molecule has 0 spiro atoms. The predicted molar refractivity (Wildman–Crippen MR) is 98.9 cm³/mol. The third kappa shape index (κ3) is 4.02. The molecule has 2 aromatic rings. The Morgan fingerprint density at radius 3 is 2.42 bits per heavy atom. The minimum atomic E-state index is -0.290. The van der Waals surface area contributed by atoms with Gasteiger partial charge < -0.3 is 4.90 Å². The van der Waals surface area contributed by atoms with E-state index in [1.54, 1.807) is 11.3 Å². The average Bonchev–Trinajstić information content (AvgIpc) is 3.03. The molecule has 0 aliphatic carbocycles. The van der Waals surface area contributed by atoms with E-state index in [0.717, 1.165) is 43.4 Å². The fourth-order valence-electron chi connectivity index (χ4n) is 2.91. The summed E-state index contributed by atoms with van der Waals surface area (Å²) in [6.07, 6.45) is 0. The van der Waals surface area contributed by atoms with Gasteiger partial charge in [0.25, 0.3) is 0 Å². The Bertz CT molecular complexity index is 682. The fourth-order valence-corrected chi connectivity index (χ4v) is 3.72. The van der Waals surface area contributed by atoms with E-state index in [1.807, 2.05) is 43.9 Å². The monoisotopic (exact) mass is 343 g/mol. The summed E-state index contributed by atoms with van der Waals surface area (Å²) in [6, 6.07) is 10.3. The maximum Gasteiger partial charge on any atom is 0.228 e. The van der Waals surface area contributed by atoms with Gasteiger partial charge in [-0.25, -0.2) is 4.98 Å². The van der Waals surface area contributed by atoms with E-state index in [9.17, 15) is 4.79 Å². The second kappa shape index (κ2) is 7.03. The first-order chi connectivity index (χ1) is 11.4. The smallest absolute Gasteiger partial charge is 0.228 e. The molecule has 0 N–H and O–H groups in total. The van der Waals surface area contributed by atoms with Crippen molar-refractivity contribution in [2.75, 3.05) is 26.2 Å². The zero-order valence-corrected chi connectivity index (χ0v) is 15.5. The summed E-state index contributed by atoms with van der Waals surface area (Å²) < 4.78 is 0. The first-order valence-electron chi connectivity index (χ1n) is 8.45. The third-order valence-electron chi connectivity index (χ3n) is 4.26. The number of carbonyl (C=O) groups is 1. The molecule has 1 aromatic heterocycles. The Labute approximate surface area is 148 Å². The molecular weight excluding hydrogens is 318 g/mol. The van der Waals surface area contributed by atoms with Crippen molar-refractivity contribution in [2.24, 2.45) is 5.41 Å². The van der Waals surface area contributed by atoms with Crippen LogP contribution in [0.5, 0.6) is 0 Å². The molecule has 1 saturated heterocycles. The number of hydrogen-bond acceptors (Lipinski definition) is 4. The fraction of sp³-hybridized carbons (Fsp3) is 0.474. The van der Waals surface area contributed by atoms with Crippen molar-refractivity contribution in [2.45, 2.75) is 27.3 Å². The van der Waals surface area contributed by atoms with Crippen molar-refractivity contribution in [3.05, 3.63) is 41.4 Å². The molecule has 1 aliphatic rings. The van der Waals surface area contributed by atoms with Crippen molar-refractivity contribution >= 4 is 17.2 Å². The minimum Gasteiger partial charge on any atom is -0.340 e. The maximum absolute atomic E-state index is 12.3. The van der Waals surface area contributed by atoms with Crippen LogP contribution in [-0.4, -0.2) is 46.9 Å². The molecule has 5 heteroatoms. The lowest BCUT2D eigenvalue weighted by atomic mass is 9.94. The van der Waals surface area contributed by atoms with Crippen LogP contribution in [-0.2, 0) is 11.3 Å². The van der Waals surface area contributed by atoms with E-state index >= 15 is 0 Å². The van der Waals surface area contributed by atoms with Crippen LogP contribution in [0.15, 0.2) is 35.7 Å². The summed E-state index contributed by atoms with van der Waals surface area (Å²) in [4.78, 5) is 21.5. The second-order valence-electron chi connectivity index (χ2n) is 7.33. The molecule has 4 nitrogen and oxygen atoms in total. The summed E-state index contributed by atoms with van der Waals surface area (Å²) in [5.74, 6) is 0.252. The van der Waals surface area contributed by atoms with Gasteiger partial charge >= 0.3 is 0 Å². The quantitative estimate of drug-likeness (QED) is 0.856. The summed E-state index contributed by atoms with van der Waals surface area (Å²) in [6.45, 7) is 10.3. The highest BCUT2D eigenvalue weighted by Gasteiger charge is 2.29. The van der Waals surface area contributed by atoms with E-state index in [-0.39, 0.29) is 11.3 Å². The Balaban J connectivity index is 1.56.